The highest BCUT2D eigenvalue weighted by atomic mass is 28.3. The summed E-state index contributed by atoms with van der Waals surface area (Å²) in [6, 6.07) is 11.1. The van der Waals surface area contributed by atoms with Crippen LogP contribution in [0, 0.1) is 6.92 Å². The van der Waals surface area contributed by atoms with Crippen molar-refractivity contribution in [2.75, 3.05) is 13.2 Å². The van der Waals surface area contributed by atoms with E-state index in [0.717, 1.165) is 68.3 Å². The van der Waals surface area contributed by atoms with Crippen LogP contribution in [0.3, 0.4) is 0 Å². The van der Waals surface area contributed by atoms with Crippen molar-refractivity contribution in [3.8, 4) is 22.4 Å². The van der Waals surface area contributed by atoms with Gasteiger partial charge < -0.3 is 23.7 Å². The molecule has 1 amide bonds. The molecule has 0 saturated heterocycles. The maximum absolute atomic E-state index is 11.9. The lowest BCUT2D eigenvalue weighted by Crippen LogP contribution is -2.37. The lowest BCUT2D eigenvalue weighted by atomic mass is 9.95. The van der Waals surface area contributed by atoms with E-state index in [9.17, 15) is 9.90 Å². The molecule has 0 bridgehead atoms. The first kappa shape index (κ1) is 25.4. The molecule has 0 atom stereocenters. The molecule has 0 radical (unpaired) electrons. The molecule has 39 heavy (non-hydrogen) atoms. The summed E-state index contributed by atoms with van der Waals surface area (Å²) in [6.07, 6.45) is 4.66. The van der Waals surface area contributed by atoms with Crippen molar-refractivity contribution in [1.82, 2.24) is 24.2 Å². The Morgan fingerprint density at radius 1 is 1.15 bits per heavy atom. The van der Waals surface area contributed by atoms with E-state index in [4.69, 9.17) is 19.2 Å². The van der Waals surface area contributed by atoms with Gasteiger partial charge in [0.05, 0.1) is 25.0 Å². The van der Waals surface area contributed by atoms with Crippen LogP contribution < -0.4 is 0 Å². The van der Waals surface area contributed by atoms with Crippen LogP contribution >= 0.6 is 0 Å². The first-order valence-electron chi connectivity index (χ1n) is 13.3. The summed E-state index contributed by atoms with van der Waals surface area (Å²) < 4.78 is 16.0. The van der Waals surface area contributed by atoms with E-state index < -0.39 is 14.2 Å². The zero-order chi connectivity index (χ0) is 27.3. The van der Waals surface area contributed by atoms with E-state index in [1.807, 2.05) is 41.2 Å². The van der Waals surface area contributed by atoms with Crippen LogP contribution in [0.25, 0.3) is 44.4 Å². The second-order valence-corrected chi connectivity index (χ2v) is 17.1. The normalized spacial score (nSPS) is 13.9. The zero-order valence-corrected chi connectivity index (χ0v) is 23.8. The number of carbonyl (C=O) groups is 1. The Balaban J connectivity index is 1.51. The van der Waals surface area contributed by atoms with Gasteiger partial charge in [0.1, 0.15) is 23.7 Å². The number of fused-ring (bicyclic) bond motifs is 3. The molecule has 1 aliphatic rings. The molecule has 4 aromatic heterocycles. The first-order chi connectivity index (χ1) is 18.7. The average molecular weight is 544 g/mol. The summed E-state index contributed by atoms with van der Waals surface area (Å²) in [5.74, 6) is 0. The molecule has 1 aromatic carbocycles. The molecular weight excluding hydrogens is 510 g/mol. The Morgan fingerprint density at radius 2 is 2.00 bits per heavy atom. The van der Waals surface area contributed by atoms with Gasteiger partial charge >= 0.3 is 6.09 Å². The van der Waals surface area contributed by atoms with Crippen LogP contribution in [0.15, 0.2) is 53.4 Å². The van der Waals surface area contributed by atoms with Crippen molar-refractivity contribution in [3.05, 3.63) is 60.2 Å². The Labute approximate surface area is 227 Å². The second kappa shape index (κ2) is 9.69. The quantitative estimate of drug-likeness (QED) is 0.188. The highest BCUT2D eigenvalue weighted by molar-refractivity contribution is 6.76. The van der Waals surface area contributed by atoms with Crippen LogP contribution in [0.4, 0.5) is 4.79 Å². The minimum Gasteiger partial charge on any atom is -0.465 e. The predicted octanol–water partition coefficient (Wildman–Crippen LogP) is 6.43. The highest BCUT2D eigenvalue weighted by Gasteiger charge is 2.30. The summed E-state index contributed by atoms with van der Waals surface area (Å²) in [6.45, 7) is 11.4. The van der Waals surface area contributed by atoms with Gasteiger partial charge in [0.2, 0.25) is 0 Å². The lowest BCUT2D eigenvalue weighted by molar-refractivity contribution is 0.0898. The van der Waals surface area contributed by atoms with Gasteiger partial charge in [0.25, 0.3) is 0 Å². The first-order valence-corrected chi connectivity index (χ1v) is 17.0. The molecule has 0 saturated carbocycles. The smallest absolute Gasteiger partial charge is 0.407 e. The van der Waals surface area contributed by atoms with Gasteiger partial charge in [0.15, 0.2) is 0 Å². The van der Waals surface area contributed by atoms with E-state index in [-0.39, 0.29) is 6.54 Å². The van der Waals surface area contributed by atoms with Gasteiger partial charge in [-0.25, -0.2) is 9.78 Å². The SMILES string of the molecule is Cc1cn(COCC[Si](C)(C)C)c2nccc(-c3c(-c4cccc5ccoc45)nn4c3CN(C(=O)O)CC4)c12. The van der Waals surface area contributed by atoms with Crippen molar-refractivity contribution in [2.24, 2.45) is 0 Å². The number of furan rings is 1. The third-order valence-corrected chi connectivity index (χ3v) is 9.13. The van der Waals surface area contributed by atoms with Gasteiger partial charge in [-0.2, -0.15) is 5.10 Å². The van der Waals surface area contributed by atoms with Crippen molar-refractivity contribution in [2.45, 2.75) is 52.4 Å². The molecular formula is C29H33N5O4Si. The highest BCUT2D eigenvalue weighted by Crippen LogP contribution is 2.42. The molecule has 5 heterocycles. The second-order valence-electron chi connectivity index (χ2n) is 11.4. The minimum atomic E-state index is -1.18. The number of carboxylic acid groups (broad SMARTS) is 1. The summed E-state index contributed by atoms with van der Waals surface area (Å²) >= 11 is 0. The van der Waals surface area contributed by atoms with Crippen molar-refractivity contribution < 1.29 is 19.1 Å². The monoisotopic (exact) mass is 543 g/mol. The molecule has 10 heteroatoms. The standard InChI is InChI=1S/C29H33N5O4Si/c1-19-16-33(18-37-14-15-39(2,3)4)28-24(19)21(8-10-30-28)25-23-17-32(29(35)36)11-12-34(23)31-26(25)22-7-5-6-20-9-13-38-27(20)22/h5-10,13,16H,11-12,14-15,17-18H2,1-4H3,(H,35,36). The Bertz CT molecular complexity index is 1690. The Kier molecular flexibility index (Phi) is 6.31. The molecule has 0 aliphatic carbocycles. The van der Waals surface area contributed by atoms with Crippen LogP contribution in [-0.4, -0.2) is 56.7 Å². The number of amides is 1. The molecule has 9 nitrogen and oxygen atoms in total. The van der Waals surface area contributed by atoms with E-state index in [1.165, 1.54) is 4.90 Å². The minimum absolute atomic E-state index is 0.259. The van der Waals surface area contributed by atoms with Crippen molar-refractivity contribution >= 4 is 36.2 Å². The van der Waals surface area contributed by atoms with Crippen LogP contribution in [0.2, 0.25) is 25.7 Å². The van der Waals surface area contributed by atoms with Crippen molar-refractivity contribution in [3.63, 3.8) is 0 Å². The van der Waals surface area contributed by atoms with Gasteiger partial charge in [-0.15, -0.1) is 0 Å². The van der Waals surface area contributed by atoms with Crippen LogP contribution in [0.1, 0.15) is 11.3 Å². The van der Waals surface area contributed by atoms with Crippen molar-refractivity contribution in [1.29, 1.82) is 0 Å². The predicted molar refractivity (Wildman–Crippen MR) is 153 cm³/mol. The molecule has 0 spiro atoms. The number of ether oxygens (including phenoxy) is 1. The molecule has 1 N–H and O–H groups in total. The average Bonchev–Trinajstić information content (AvgIpc) is 3.61. The number of benzene rings is 1. The Hall–Kier alpha value is -3.89. The maximum atomic E-state index is 11.9. The molecule has 6 rings (SSSR count). The molecule has 5 aromatic rings. The third kappa shape index (κ3) is 4.63. The number of pyridine rings is 1. The summed E-state index contributed by atoms with van der Waals surface area (Å²) in [7, 11) is -1.18. The number of aryl methyl sites for hydroxylation is 1. The zero-order valence-electron chi connectivity index (χ0n) is 22.8. The number of hydrogen-bond donors (Lipinski definition) is 1. The van der Waals surface area contributed by atoms with Gasteiger partial charge in [-0.1, -0.05) is 31.8 Å². The fourth-order valence-corrected chi connectivity index (χ4v) is 6.15. The number of aromatic nitrogens is 4. The number of nitrogens with zero attached hydrogens (tertiary/aromatic N) is 5. The summed E-state index contributed by atoms with van der Waals surface area (Å²) in [5.41, 5.74) is 7.11. The van der Waals surface area contributed by atoms with Gasteiger partial charge in [0, 0.05) is 55.5 Å². The van der Waals surface area contributed by atoms with E-state index >= 15 is 0 Å². The number of para-hydroxylation sites is 1. The topological polar surface area (TPSA) is 98.5 Å². The number of rotatable bonds is 7. The van der Waals surface area contributed by atoms with Gasteiger partial charge in [-0.05, 0) is 42.3 Å². The molecule has 0 unspecified atom stereocenters. The van der Waals surface area contributed by atoms with Crippen LogP contribution in [-0.2, 0) is 24.6 Å². The lowest BCUT2D eigenvalue weighted by Gasteiger charge is -2.26. The maximum Gasteiger partial charge on any atom is 0.407 e. The van der Waals surface area contributed by atoms with E-state index in [0.29, 0.717) is 19.8 Å². The summed E-state index contributed by atoms with van der Waals surface area (Å²) in [5, 5.41) is 16.8. The fourth-order valence-electron chi connectivity index (χ4n) is 5.40. The number of hydrogen-bond acceptors (Lipinski definition) is 5. The third-order valence-electron chi connectivity index (χ3n) is 7.43. The van der Waals surface area contributed by atoms with E-state index in [1.54, 1.807) is 6.26 Å². The largest absolute Gasteiger partial charge is 0.465 e. The Morgan fingerprint density at radius 3 is 2.79 bits per heavy atom. The molecule has 0 fully saturated rings. The summed E-state index contributed by atoms with van der Waals surface area (Å²) in [4.78, 5) is 18.1. The molecule has 1 aliphatic heterocycles. The van der Waals surface area contributed by atoms with E-state index in [2.05, 4.69) is 37.3 Å². The fraction of sp³-hybridized carbons (Fsp3) is 0.345. The molecule has 202 valence electrons. The van der Waals surface area contributed by atoms with Crippen LogP contribution in [0.5, 0.6) is 0 Å². The van der Waals surface area contributed by atoms with Gasteiger partial charge in [-0.3, -0.25) is 4.68 Å².